The average molecular weight is 222 g/mol. The Bertz CT molecular complexity index is 436. The molecular formula is C11H11FN2S. The first-order chi connectivity index (χ1) is 7.25. The first-order valence-electron chi connectivity index (χ1n) is 4.63. The molecule has 2 rings (SSSR count). The molecule has 0 aliphatic rings. The van der Waals surface area contributed by atoms with E-state index in [-0.39, 0.29) is 5.82 Å². The van der Waals surface area contributed by atoms with Gasteiger partial charge in [-0.2, -0.15) is 11.3 Å². The van der Waals surface area contributed by atoms with Crippen molar-refractivity contribution in [2.24, 2.45) is 0 Å². The molecule has 0 aliphatic heterocycles. The Morgan fingerprint density at radius 3 is 2.87 bits per heavy atom. The summed E-state index contributed by atoms with van der Waals surface area (Å²) in [7, 11) is 0. The Hall–Kier alpha value is -1.42. The van der Waals surface area contributed by atoms with E-state index in [1.54, 1.807) is 17.4 Å². The number of aromatic nitrogens is 1. The number of nitrogens with zero attached hydrogens (tertiary/aromatic N) is 1. The average Bonchev–Trinajstić information content (AvgIpc) is 2.63. The Balaban J connectivity index is 1.99. The summed E-state index contributed by atoms with van der Waals surface area (Å²) in [4.78, 5) is 3.92. The van der Waals surface area contributed by atoms with Crippen LogP contribution in [0.4, 0.5) is 10.2 Å². The molecule has 0 fully saturated rings. The molecule has 2 aromatic heterocycles. The first-order valence-corrected chi connectivity index (χ1v) is 5.57. The topological polar surface area (TPSA) is 24.9 Å². The summed E-state index contributed by atoms with van der Waals surface area (Å²) in [5.41, 5.74) is 2.53. The lowest BCUT2D eigenvalue weighted by Gasteiger charge is -2.04. The number of aryl methyl sites for hydroxylation is 1. The molecule has 0 radical (unpaired) electrons. The molecule has 0 unspecified atom stereocenters. The van der Waals surface area contributed by atoms with Crippen LogP contribution in [0.2, 0.25) is 0 Å². The molecule has 1 N–H and O–H groups in total. The van der Waals surface area contributed by atoms with Gasteiger partial charge in [-0.3, -0.25) is 0 Å². The van der Waals surface area contributed by atoms with E-state index in [0.717, 1.165) is 6.54 Å². The van der Waals surface area contributed by atoms with Gasteiger partial charge in [-0.15, -0.1) is 0 Å². The second-order valence-electron chi connectivity index (χ2n) is 3.30. The zero-order chi connectivity index (χ0) is 10.7. The molecule has 0 saturated heterocycles. The number of hydrogen-bond acceptors (Lipinski definition) is 3. The molecule has 0 bridgehead atoms. The molecule has 0 aliphatic carbocycles. The van der Waals surface area contributed by atoms with E-state index in [1.807, 2.05) is 0 Å². The molecule has 15 heavy (non-hydrogen) atoms. The standard InChI is InChI=1S/C11H11FN2S/c1-8-6-15-7-9(8)4-13-11-3-2-10(12)5-14-11/h2-3,5-7H,4H2,1H3,(H,13,14). The highest BCUT2D eigenvalue weighted by Gasteiger charge is 1.99. The third-order valence-electron chi connectivity index (χ3n) is 2.15. The molecule has 0 amide bonds. The van der Waals surface area contributed by atoms with Gasteiger partial charge in [0.1, 0.15) is 11.6 Å². The zero-order valence-electron chi connectivity index (χ0n) is 8.33. The summed E-state index contributed by atoms with van der Waals surface area (Å²) in [5, 5.41) is 7.35. The maximum absolute atomic E-state index is 12.6. The number of thiophene rings is 1. The largest absolute Gasteiger partial charge is 0.366 e. The highest BCUT2D eigenvalue weighted by atomic mass is 32.1. The van der Waals surface area contributed by atoms with Gasteiger partial charge in [-0.25, -0.2) is 9.37 Å². The van der Waals surface area contributed by atoms with Crippen molar-refractivity contribution in [3.8, 4) is 0 Å². The van der Waals surface area contributed by atoms with Crippen LogP contribution in [0.1, 0.15) is 11.1 Å². The Kier molecular flexibility index (Phi) is 2.97. The summed E-state index contributed by atoms with van der Waals surface area (Å²) >= 11 is 1.68. The van der Waals surface area contributed by atoms with Crippen LogP contribution >= 0.6 is 11.3 Å². The predicted molar refractivity (Wildman–Crippen MR) is 60.6 cm³/mol. The highest BCUT2D eigenvalue weighted by molar-refractivity contribution is 7.08. The van der Waals surface area contributed by atoms with Gasteiger partial charge < -0.3 is 5.32 Å². The van der Waals surface area contributed by atoms with Crippen LogP contribution in [0.15, 0.2) is 29.1 Å². The molecule has 2 aromatic rings. The lowest BCUT2D eigenvalue weighted by Crippen LogP contribution is -2.01. The van der Waals surface area contributed by atoms with E-state index in [2.05, 4.69) is 28.0 Å². The van der Waals surface area contributed by atoms with Crippen molar-refractivity contribution in [2.75, 3.05) is 5.32 Å². The van der Waals surface area contributed by atoms with E-state index in [0.29, 0.717) is 5.82 Å². The van der Waals surface area contributed by atoms with Crippen molar-refractivity contribution in [3.05, 3.63) is 46.0 Å². The van der Waals surface area contributed by atoms with Gasteiger partial charge in [0.05, 0.1) is 6.20 Å². The van der Waals surface area contributed by atoms with Gasteiger partial charge in [0.25, 0.3) is 0 Å². The molecule has 4 heteroatoms. The number of halogens is 1. The maximum atomic E-state index is 12.6. The zero-order valence-corrected chi connectivity index (χ0v) is 9.14. The fraction of sp³-hybridized carbons (Fsp3) is 0.182. The Morgan fingerprint density at radius 2 is 2.27 bits per heavy atom. The van der Waals surface area contributed by atoms with Gasteiger partial charge in [0.2, 0.25) is 0 Å². The normalized spacial score (nSPS) is 10.3. The minimum absolute atomic E-state index is 0.313. The van der Waals surface area contributed by atoms with Gasteiger partial charge >= 0.3 is 0 Å². The first kappa shape index (κ1) is 10.1. The number of nitrogens with one attached hydrogen (secondary N) is 1. The predicted octanol–water partition coefficient (Wildman–Crippen LogP) is 3.20. The SMILES string of the molecule is Cc1cscc1CNc1ccc(F)cn1. The van der Waals surface area contributed by atoms with Crippen molar-refractivity contribution >= 4 is 17.2 Å². The lowest BCUT2D eigenvalue weighted by atomic mass is 10.2. The van der Waals surface area contributed by atoms with E-state index >= 15 is 0 Å². The van der Waals surface area contributed by atoms with Crippen LogP contribution in [0, 0.1) is 12.7 Å². The lowest BCUT2D eigenvalue weighted by molar-refractivity contribution is 0.621. The van der Waals surface area contributed by atoms with E-state index in [4.69, 9.17) is 0 Å². The molecule has 2 heterocycles. The summed E-state index contributed by atoms with van der Waals surface area (Å²) in [6.07, 6.45) is 1.21. The highest BCUT2D eigenvalue weighted by Crippen LogP contribution is 2.15. The Labute approximate surface area is 91.8 Å². The van der Waals surface area contributed by atoms with Crippen molar-refractivity contribution in [1.82, 2.24) is 4.98 Å². The van der Waals surface area contributed by atoms with Crippen molar-refractivity contribution < 1.29 is 4.39 Å². The fourth-order valence-electron chi connectivity index (χ4n) is 1.23. The van der Waals surface area contributed by atoms with Crippen LogP contribution < -0.4 is 5.32 Å². The summed E-state index contributed by atoms with van der Waals surface area (Å²) in [6, 6.07) is 3.03. The third-order valence-corrected chi connectivity index (χ3v) is 3.06. The third kappa shape index (κ3) is 2.53. The van der Waals surface area contributed by atoms with Crippen LogP contribution in [-0.2, 0) is 6.54 Å². The van der Waals surface area contributed by atoms with Crippen molar-refractivity contribution in [2.45, 2.75) is 13.5 Å². The van der Waals surface area contributed by atoms with Gasteiger partial charge in [0, 0.05) is 6.54 Å². The second kappa shape index (κ2) is 4.40. The van der Waals surface area contributed by atoms with Crippen LogP contribution in [-0.4, -0.2) is 4.98 Å². The second-order valence-corrected chi connectivity index (χ2v) is 4.04. The van der Waals surface area contributed by atoms with Gasteiger partial charge in [0.15, 0.2) is 0 Å². The van der Waals surface area contributed by atoms with E-state index in [9.17, 15) is 4.39 Å². The number of rotatable bonds is 3. The van der Waals surface area contributed by atoms with Gasteiger partial charge in [-0.1, -0.05) is 0 Å². The monoisotopic (exact) mass is 222 g/mol. The number of pyridine rings is 1. The Morgan fingerprint density at radius 1 is 1.40 bits per heavy atom. The molecule has 2 nitrogen and oxygen atoms in total. The molecular weight excluding hydrogens is 211 g/mol. The molecule has 0 aromatic carbocycles. The van der Waals surface area contributed by atoms with E-state index < -0.39 is 0 Å². The minimum Gasteiger partial charge on any atom is -0.366 e. The van der Waals surface area contributed by atoms with Crippen molar-refractivity contribution in [1.29, 1.82) is 0 Å². The summed E-state index contributed by atoms with van der Waals surface area (Å²) < 4.78 is 12.6. The molecule has 78 valence electrons. The molecule has 0 atom stereocenters. The quantitative estimate of drug-likeness (QED) is 0.862. The van der Waals surface area contributed by atoms with Crippen LogP contribution in [0.25, 0.3) is 0 Å². The van der Waals surface area contributed by atoms with Gasteiger partial charge in [-0.05, 0) is 40.9 Å². The fourth-order valence-corrected chi connectivity index (χ4v) is 2.09. The summed E-state index contributed by atoms with van der Waals surface area (Å²) in [6.45, 7) is 2.81. The smallest absolute Gasteiger partial charge is 0.141 e. The number of hydrogen-bond donors (Lipinski definition) is 1. The van der Waals surface area contributed by atoms with E-state index in [1.165, 1.54) is 23.4 Å². The molecule has 0 spiro atoms. The van der Waals surface area contributed by atoms with Crippen molar-refractivity contribution in [3.63, 3.8) is 0 Å². The molecule has 0 saturated carbocycles. The summed E-state index contributed by atoms with van der Waals surface area (Å²) in [5.74, 6) is 0.384. The number of anilines is 1. The van der Waals surface area contributed by atoms with Crippen LogP contribution in [0.3, 0.4) is 0 Å². The van der Waals surface area contributed by atoms with Crippen LogP contribution in [0.5, 0.6) is 0 Å². The minimum atomic E-state index is -0.313. The maximum Gasteiger partial charge on any atom is 0.141 e.